The molecule has 4 rings (SSSR count). The number of hydrogen-bond donors (Lipinski definition) is 1. The van der Waals surface area contributed by atoms with Crippen LogP contribution in [0, 0.1) is 6.92 Å². The number of fused-ring (bicyclic) bond motifs is 3. The first-order chi connectivity index (χ1) is 15.7. The van der Waals surface area contributed by atoms with Gasteiger partial charge in [-0.3, -0.25) is 9.69 Å². The fourth-order valence-corrected chi connectivity index (χ4v) is 5.23. The maximum atomic E-state index is 12.9. The van der Waals surface area contributed by atoms with E-state index in [9.17, 15) is 9.59 Å². The first kappa shape index (κ1) is 23.6. The Kier molecular flexibility index (Phi) is 6.71. The summed E-state index contributed by atoms with van der Waals surface area (Å²) >= 11 is 0. The van der Waals surface area contributed by atoms with E-state index in [0.29, 0.717) is 41.7 Å². The van der Waals surface area contributed by atoms with Crippen LogP contribution in [-0.4, -0.2) is 49.2 Å². The van der Waals surface area contributed by atoms with Gasteiger partial charge in [0.1, 0.15) is 22.7 Å². The lowest BCUT2D eigenvalue weighted by molar-refractivity contribution is -0.121. The Labute approximate surface area is 195 Å². The van der Waals surface area contributed by atoms with Crippen molar-refractivity contribution >= 4 is 16.9 Å². The Hall–Kier alpha value is -2.54. The molecule has 33 heavy (non-hydrogen) atoms. The van der Waals surface area contributed by atoms with Crippen molar-refractivity contribution in [2.75, 3.05) is 26.7 Å². The van der Waals surface area contributed by atoms with Gasteiger partial charge < -0.3 is 19.2 Å². The van der Waals surface area contributed by atoms with Crippen LogP contribution in [0.15, 0.2) is 15.3 Å². The summed E-state index contributed by atoms with van der Waals surface area (Å²) < 4.78 is 17.6. The summed E-state index contributed by atoms with van der Waals surface area (Å²) in [4.78, 5) is 27.9. The van der Waals surface area contributed by atoms with Crippen LogP contribution < -0.4 is 20.4 Å². The molecular formula is C26H36N2O5. The van der Waals surface area contributed by atoms with E-state index in [2.05, 4.69) is 31.0 Å². The van der Waals surface area contributed by atoms with Crippen LogP contribution in [0.2, 0.25) is 0 Å². The van der Waals surface area contributed by atoms with Crippen molar-refractivity contribution in [1.29, 1.82) is 0 Å². The van der Waals surface area contributed by atoms with E-state index >= 15 is 0 Å². The first-order valence-electron chi connectivity index (χ1n) is 12.1. The number of likely N-dealkylation sites (tertiary alicyclic amines) is 1. The number of nitrogens with zero attached hydrogens (tertiary/aromatic N) is 1. The van der Waals surface area contributed by atoms with Crippen molar-refractivity contribution in [2.45, 2.75) is 77.9 Å². The van der Waals surface area contributed by atoms with Crippen molar-refractivity contribution in [3.63, 3.8) is 0 Å². The monoisotopic (exact) mass is 456 g/mol. The van der Waals surface area contributed by atoms with E-state index in [0.717, 1.165) is 48.9 Å². The molecule has 1 aromatic heterocycles. The molecule has 1 N–H and O–H groups in total. The molecule has 180 valence electrons. The molecule has 1 saturated heterocycles. The molecule has 7 nitrogen and oxygen atoms in total. The number of nitrogens with one attached hydrogen (secondary N) is 1. The Bertz CT molecular complexity index is 1100. The third-order valence-corrected chi connectivity index (χ3v) is 7.20. The smallest absolute Gasteiger partial charge is 0.339 e. The zero-order valence-corrected chi connectivity index (χ0v) is 20.5. The van der Waals surface area contributed by atoms with Gasteiger partial charge in [-0.1, -0.05) is 6.92 Å². The van der Waals surface area contributed by atoms with Gasteiger partial charge in [0.2, 0.25) is 5.91 Å². The highest BCUT2D eigenvalue weighted by Crippen LogP contribution is 2.43. The van der Waals surface area contributed by atoms with Crippen LogP contribution in [0.25, 0.3) is 11.0 Å². The number of rotatable bonds is 7. The highest BCUT2D eigenvalue weighted by Gasteiger charge is 2.31. The van der Waals surface area contributed by atoms with E-state index in [4.69, 9.17) is 13.9 Å². The van der Waals surface area contributed by atoms with E-state index in [1.807, 2.05) is 13.0 Å². The Morgan fingerprint density at radius 1 is 1.36 bits per heavy atom. The molecule has 0 aliphatic carbocycles. The van der Waals surface area contributed by atoms with E-state index < -0.39 is 0 Å². The van der Waals surface area contributed by atoms with Gasteiger partial charge in [0.15, 0.2) is 0 Å². The molecule has 1 fully saturated rings. The molecule has 1 unspecified atom stereocenters. The van der Waals surface area contributed by atoms with Gasteiger partial charge in [0.05, 0.1) is 12.5 Å². The van der Waals surface area contributed by atoms with E-state index in [1.54, 1.807) is 7.11 Å². The lowest BCUT2D eigenvalue weighted by atomic mass is 9.91. The predicted molar refractivity (Wildman–Crippen MR) is 128 cm³/mol. The highest BCUT2D eigenvalue weighted by atomic mass is 16.5. The van der Waals surface area contributed by atoms with E-state index in [-0.39, 0.29) is 23.6 Å². The number of ether oxygens (including phenoxy) is 2. The van der Waals surface area contributed by atoms with Gasteiger partial charge in [-0.2, -0.15) is 0 Å². The summed E-state index contributed by atoms with van der Waals surface area (Å²) in [5.74, 6) is 1.29. The van der Waals surface area contributed by atoms with Crippen molar-refractivity contribution in [3.05, 3.63) is 33.2 Å². The average Bonchev–Trinajstić information content (AvgIpc) is 3.23. The average molecular weight is 457 g/mol. The lowest BCUT2D eigenvalue weighted by Gasteiger charge is -2.33. The van der Waals surface area contributed by atoms with Crippen LogP contribution in [0.1, 0.15) is 63.1 Å². The van der Waals surface area contributed by atoms with Gasteiger partial charge >= 0.3 is 5.63 Å². The number of methoxy groups -OCH3 is 1. The van der Waals surface area contributed by atoms with Crippen LogP contribution in [0.3, 0.4) is 0 Å². The molecule has 2 aromatic rings. The van der Waals surface area contributed by atoms with Gasteiger partial charge in [-0.25, -0.2) is 4.79 Å². The van der Waals surface area contributed by atoms with Gasteiger partial charge in [0.25, 0.3) is 0 Å². The fourth-order valence-electron chi connectivity index (χ4n) is 5.23. The normalized spacial score (nSPS) is 19.8. The summed E-state index contributed by atoms with van der Waals surface area (Å²) in [5, 5.41) is 3.84. The molecular weight excluding hydrogens is 420 g/mol. The minimum absolute atomic E-state index is 0.0371. The topological polar surface area (TPSA) is 81.0 Å². The zero-order chi connectivity index (χ0) is 23.8. The number of likely N-dealkylation sites (N-methyl/N-ethyl adjacent to an activating group) is 1. The third kappa shape index (κ3) is 4.74. The summed E-state index contributed by atoms with van der Waals surface area (Å²) in [6.45, 7) is 10.9. The number of hydrogen-bond acceptors (Lipinski definition) is 6. The molecule has 0 radical (unpaired) electrons. The molecule has 3 heterocycles. The third-order valence-electron chi connectivity index (χ3n) is 7.20. The number of carbonyl (C=O) groups is 1. The van der Waals surface area contributed by atoms with Crippen molar-refractivity contribution in [3.8, 4) is 11.5 Å². The van der Waals surface area contributed by atoms with Crippen LogP contribution in [-0.2, 0) is 17.6 Å². The molecule has 2 aliphatic rings. The van der Waals surface area contributed by atoms with Crippen LogP contribution in [0.5, 0.6) is 11.5 Å². The molecule has 0 bridgehead atoms. The summed E-state index contributed by atoms with van der Waals surface area (Å²) in [6.07, 6.45) is 4.49. The number of aryl methyl sites for hydroxylation is 2. The quantitative estimate of drug-likeness (QED) is 0.639. The molecule has 2 aliphatic heterocycles. The van der Waals surface area contributed by atoms with E-state index in [1.165, 1.54) is 6.42 Å². The first-order valence-corrected chi connectivity index (χ1v) is 12.1. The molecule has 1 amide bonds. The Morgan fingerprint density at radius 2 is 2.15 bits per heavy atom. The highest BCUT2D eigenvalue weighted by molar-refractivity contribution is 5.92. The second-order valence-electron chi connectivity index (χ2n) is 9.84. The molecule has 7 heteroatoms. The second kappa shape index (κ2) is 9.37. The lowest BCUT2D eigenvalue weighted by Crippen LogP contribution is -2.40. The van der Waals surface area contributed by atoms with Crippen LogP contribution >= 0.6 is 0 Å². The van der Waals surface area contributed by atoms with Crippen molar-refractivity contribution in [2.24, 2.45) is 0 Å². The summed E-state index contributed by atoms with van der Waals surface area (Å²) in [6, 6.07) is 2.30. The summed E-state index contributed by atoms with van der Waals surface area (Å²) in [7, 11) is 1.61. The maximum absolute atomic E-state index is 12.9. The number of carbonyl (C=O) groups excluding carboxylic acids is 1. The van der Waals surface area contributed by atoms with Gasteiger partial charge in [-0.15, -0.1) is 0 Å². The van der Waals surface area contributed by atoms with Gasteiger partial charge in [0, 0.05) is 36.2 Å². The minimum atomic E-state index is -0.388. The SMILES string of the molecule is CCN1CCCC1CNC(=O)CCc1c(C)c2c(OC)cc3c(c2oc1=O)CCC(C)(C)O3. The largest absolute Gasteiger partial charge is 0.496 e. The molecule has 1 atom stereocenters. The molecule has 1 aromatic carbocycles. The minimum Gasteiger partial charge on any atom is -0.496 e. The van der Waals surface area contributed by atoms with Crippen LogP contribution in [0.4, 0.5) is 0 Å². The van der Waals surface area contributed by atoms with Crippen molar-refractivity contribution < 1.29 is 18.7 Å². The maximum Gasteiger partial charge on any atom is 0.339 e. The molecule has 0 spiro atoms. The zero-order valence-electron chi connectivity index (χ0n) is 20.5. The number of benzene rings is 1. The molecule has 0 saturated carbocycles. The number of amides is 1. The summed E-state index contributed by atoms with van der Waals surface area (Å²) in [5.41, 5.74) is 2.13. The second-order valence-corrected chi connectivity index (χ2v) is 9.84. The van der Waals surface area contributed by atoms with Crippen molar-refractivity contribution in [1.82, 2.24) is 10.2 Å². The standard InChI is InChI=1S/C26H36N2O5/c1-6-28-13-7-8-17(28)15-27-22(29)10-9-18-16(2)23-21(31-5)14-20-19(24(23)32-25(18)30)11-12-26(3,4)33-20/h14,17H,6-13,15H2,1-5H3,(H,27,29). The van der Waals surface area contributed by atoms with Gasteiger partial charge in [-0.05, 0) is 71.5 Å². The fraction of sp³-hybridized carbons (Fsp3) is 0.615. The Morgan fingerprint density at radius 3 is 2.88 bits per heavy atom. The Balaban J connectivity index is 1.55. The predicted octanol–water partition coefficient (Wildman–Crippen LogP) is 3.75.